The van der Waals surface area contributed by atoms with Crippen LogP contribution in [0.2, 0.25) is 0 Å². The quantitative estimate of drug-likeness (QED) is 0.288. The molecular weight excluding hydrogens is 444 g/mol. The minimum atomic E-state index is -0.960. The molecule has 1 heterocycles. The monoisotopic (exact) mass is 464 g/mol. The zero-order valence-electron chi connectivity index (χ0n) is 16.4. The van der Waals surface area contributed by atoms with Crippen molar-refractivity contribution in [2.45, 2.75) is 31.3 Å². The minimum Gasteiger partial charge on any atom is -0.372 e. The number of nitro groups is 1. The summed E-state index contributed by atoms with van der Waals surface area (Å²) in [6.45, 7) is 1.97. The Labute approximate surface area is 183 Å². The molecule has 0 radical (unpaired) electrons. The molecule has 0 aromatic heterocycles. The van der Waals surface area contributed by atoms with Crippen LogP contribution in [0.25, 0.3) is 0 Å². The Bertz CT molecular complexity index is 1110. The lowest BCUT2D eigenvalue weighted by atomic mass is 9.77. The zero-order valence-corrected chi connectivity index (χ0v) is 18.0. The third-order valence-electron chi connectivity index (χ3n) is 5.62. The largest absolute Gasteiger partial charge is 0.372 e. The number of hydrogen-bond donors (Lipinski definition) is 1. The highest BCUT2D eigenvalue weighted by atomic mass is 79.9. The summed E-state index contributed by atoms with van der Waals surface area (Å²) in [6.07, 6.45) is 0.0725. The van der Waals surface area contributed by atoms with Crippen LogP contribution in [0.1, 0.15) is 45.4 Å². The van der Waals surface area contributed by atoms with Crippen LogP contribution in [-0.2, 0) is 0 Å². The van der Waals surface area contributed by atoms with Crippen molar-refractivity contribution in [2.75, 3.05) is 5.32 Å². The molecule has 152 valence electrons. The number of para-hydroxylation sites is 1. The summed E-state index contributed by atoms with van der Waals surface area (Å²) in [6, 6.07) is 21.0. The molecule has 1 N–H and O–H groups in total. The number of rotatable bonds is 5. The Morgan fingerprint density at radius 2 is 1.83 bits per heavy atom. The molecular formula is C24H21BrN2O3. The van der Waals surface area contributed by atoms with Gasteiger partial charge < -0.3 is 5.32 Å². The summed E-state index contributed by atoms with van der Waals surface area (Å²) in [5, 5.41) is 15.6. The second kappa shape index (κ2) is 8.40. The Hall–Kier alpha value is -2.99. The molecule has 0 amide bonds. The lowest BCUT2D eigenvalue weighted by molar-refractivity contribution is -0.530. The Kier molecular flexibility index (Phi) is 5.68. The number of aryl methyl sites for hydroxylation is 1. The van der Waals surface area contributed by atoms with Crippen LogP contribution in [0.3, 0.4) is 0 Å². The first-order valence-electron chi connectivity index (χ1n) is 9.78. The number of carbonyl (C=O) groups is 1. The van der Waals surface area contributed by atoms with E-state index in [2.05, 4.69) is 21.2 Å². The number of Topliss-reactive ketones (excluding diaryl/α,β-unsaturated/α-hetero) is 1. The molecule has 0 aliphatic carbocycles. The highest BCUT2D eigenvalue weighted by molar-refractivity contribution is 9.10. The van der Waals surface area contributed by atoms with Crippen molar-refractivity contribution in [1.82, 2.24) is 0 Å². The molecule has 6 heteroatoms. The van der Waals surface area contributed by atoms with Crippen molar-refractivity contribution in [1.29, 1.82) is 0 Å². The van der Waals surface area contributed by atoms with Crippen molar-refractivity contribution >= 4 is 27.4 Å². The maximum atomic E-state index is 13.1. The molecule has 0 saturated heterocycles. The van der Waals surface area contributed by atoms with Crippen LogP contribution in [0, 0.1) is 17.0 Å². The maximum Gasteiger partial charge on any atom is 0.244 e. The third-order valence-corrected chi connectivity index (χ3v) is 6.11. The number of carbonyl (C=O) groups excluding carboxylic acids is 1. The molecule has 1 aliphatic rings. The highest BCUT2D eigenvalue weighted by Crippen LogP contribution is 2.44. The van der Waals surface area contributed by atoms with E-state index in [4.69, 9.17) is 0 Å². The number of anilines is 1. The van der Waals surface area contributed by atoms with Crippen LogP contribution in [-0.4, -0.2) is 16.7 Å². The van der Waals surface area contributed by atoms with Crippen LogP contribution >= 0.6 is 15.9 Å². The fourth-order valence-corrected chi connectivity index (χ4v) is 4.64. The first-order chi connectivity index (χ1) is 14.4. The van der Waals surface area contributed by atoms with Gasteiger partial charge in [-0.25, -0.2) is 0 Å². The van der Waals surface area contributed by atoms with Gasteiger partial charge in [-0.3, -0.25) is 14.9 Å². The van der Waals surface area contributed by atoms with Gasteiger partial charge in [0.15, 0.2) is 5.78 Å². The molecule has 3 atom stereocenters. The standard InChI is InChI=1S/C24H21BrN2O3/c1-15-6-4-8-17(12-15)23-24(27(29)30)20(19-10-2-3-11-21(19)26-23)14-22(28)16-7-5-9-18(25)13-16/h2-13,20,23-24,26H,14H2,1H3/t20-,23+,24+/m1/s1. The van der Waals surface area contributed by atoms with Gasteiger partial charge in [0.25, 0.3) is 0 Å². The molecule has 1 aliphatic heterocycles. The first-order valence-corrected chi connectivity index (χ1v) is 10.6. The Balaban J connectivity index is 1.77. The lowest BCUT2D eigenvalue weighted by Crippen LogP contribution is -2.42. The van der Waals surface area contributed by atoms with E-state index in [1.807, 2.05) is 61.5 Å². The van der Waals surface area contributed by atoms with Crippen molar-refractivity contribution in [2.24, 2.45) is 0 Å². The molecule has 0 unspecified atom stereocenters. The van der Waals surface area contributed by atoms with Crippen LogP contribution < -0.4 is 5.32 Å². The van der Waals surface area contributed by atoms with E-state index in [0.29, 0.717) is 5.56 Å². The van der Waals surface area contributed by atoms with E-state index in [0.717, 1.165) is 26.9 Å². The molecule has 30 heavy (non-hydrogen) atoms. The molecule has 5 nitrogen and oxygen atoms in total. The lowest BCUT2D eigenvalue weighted by Gasteiger charge is -2.35. The third kappa shape index (κ3) is 4.00. The van der Waals surface area contributed by atoms with Gasteiger partial charge >= 0.3 is 0 Å². The second-order valence-corrected chi connectivity index (χ2v) is 8.56. The van der Waals surface area contributed by atoms with Gasteiger partial charge in [0.1, 0.15) is 6.04 Å². The van der Waals surface area contributed by atoms with E-state index < -0.39 is 18.0 Å². The number of ketones is 1. The van der Waals surface area contributed by atoms with E-state index in [1.54, 1.807) is 18.2 Å². The van der Waals surface area contributed by atoms with E-state index in [9.17, 15) is 14.9 Å². The van der Waals surface area contributed by atoms with Crippen molar-refractivity contribution < 1.29 is 9.72 Å². The summed E-state index contributed by atoms with van der Waals surface area (Å²) in [7, 11) is 0. The highest BCUT2D eigenvalue weighted by Gasteiger charge is 2.46. The van der Waals surface area contributed by atoms with E-state index in [-0.39, 0.29) is 17.1 Å². The van der Waals surface area contributed by atoms with Gasteiger partial charge in [-0.2, -0.15) is 0 Å². The fraction of sp³-hybridized carbons (Fsp3) is 0.208. The van der Waals surface area contributed by atoms with Gasteiger partial charge in [-0.05, 0) is 36.2 Å². The summed E-state index contributed by atoms with van der Waals surface area (Å²) in [4.78, 5) is 25.1. The van der Waals surface area contributed by atoms with E-state index >= 15 is 0 Å². The van der Waals surface area contributed by atoms with Gasteiger partial charge in [0.05, 0.1) is 5.92 Å². The first kappa shape index (κ1) is 20.3. The van der Waals surface area contributed by atoms with Crippen molar-refractivity contribution in [3.8, 4) is 0 Å². The topological polar surface area (TPSA) is 72.2 Å². The maximum absolute atomic E-state index is 13.1. The number of fused-ring (bicyclic) bond motifs is 1. The summed E-state index contributed by atoms with van der Waals surface area (Å²) < 4.78 is 0.808. The molecule has 0 saturated carbocycles. The molecule has 0 fully saturated rings. The number of hydrogen-bond acceptors (Lipinski definition) is 4. The fourth-order valence-electron chi connectivity index (χ4n) is 4.24. The van der Waals surface area contributed by atoms with Crippen LogP contribution in [0.15, 0.2) is 77.3 Å². The predicted octanol–water partition coefficient (Wildman–Crippen LogP) is 5.93. The average molecular weight is 465 g/mol. The number of nitrogens with zero attached hydrogens (tertiary/aromatic N) is 1. The van der Waals surface area contributed by atoms with Crippen molar-refractivity contribution in [3.63, 3.8) is 0 Å². The average Bonchev–Trinajstić information content (AvgIpc) is 2.73. The van der Waals surface area contributed by atoms with Crippen LogP contribution in [0.4, 0.5) is 5.69 Å². The zero-order chi connectivity index (χ0) is 21.3. The van der Waals surface area contributed by atoms with Crippen LogP contribution in [0.5, 0.6) is 0 Å². The normalized spacial score (nSPS) is 20.1. The molecule has 0 bridgehead atoms. The molecule has 0 spiro atoms. The summed E-state index contributed by atoms with van der Waals surface area (Å²) in [5.41, 5.74) is 4.10. The summed E-state index contributed by atoms with van der Waals surface area (Å²) >= 11 is 3.39. The minimum absolute atomic E-state index is 0.0725. The molecule has 4 rings (SSSR count). The van der Waals surface area contributed by atoms with E-state index in [1.165, 1.54) is 0 Å². The Morgan fingerprint density at radius 3 is 2.57 bits per heavy atom. The predicted molar refractivity (Wildman–Crippen MR) is 121 cm³/mol. The van der Waals surface area contributed by atoms with Crippen molar-refractivity contribution in [3.05, 3.63) is 110 Å². The Morgan fingerprint density at radius 1 is 1.07 bits per heavy atom. The van der Waals surface area contributed by atoms with Gasteiger partial charge in [0.2, 0.25) is 6.04 Å². The van der Waals surface area contributed by atoms with Gasteiger partial charge in [0, 0.05) is 27.1 Å². The number of benzene rings is 3. The number of nitrogens with one attached hydrogen (secondary N) is 1. The molecule has 3 aromatic carbocycles. The SMILES string of the molecule is Cc1cccc([C@@H]2Nc3ccccc3[C@@H](CC(=O)c3cccc(Br)c3)[C@@H]2[N+](=O)[O-])c1. The van der Waals surface area contributed by atoms with Gasteiger partial charge in [-0.1, -0.05) is 76.1 Å². The smallest absolute Gasteiger partial charge is 0.244 e. The van der Waals surface area contributed by atoms with Gasteiger partial charge in [-0.15, -0.1) is 0 Å². The summed E-state index contributed by atoms with van der Waals surface area (Å²) in [5.74, 6) is -0.637. The molecule has 3 aromatic rings. The second-order valence-electron chi connectivity index (χ2n) is 7.64. The number of halogens is 1.